The number of aliphatic hydroxyl groups is 1. The largest absolute Gasteiger partial charge is 0.395 e. The van der Waals surface area contributed by atoms with Crippen molar-refractivity contribution in [1.29, 1.82) is 0 Å². The van der Waals surface area contributed by atoms with E-state index in [0.29, 0.717) is 25.0 Å². The zero-order valence-electron chi connectivity index (χ0n) is 11.2. The van der Waals surface area contributed by atoms with Crippen LogP contribution < -0.4 is 10.6 Å². The summed E-state index contributed by atoms with van der Waals surface area (Å²) in [6.45, 7) is 7.87. The van der Waals surface area contributed by atoms with Gasteiger partial charge in [0.15, 0.2) is 11.7 Å². The van der Waals surface area contributed by atoms with Gasteiger partial charge in [0.25, 0.3) is 0 Å². The molecule has 1 rings (SSSR count). The van der Waals surface area contributed by atoms with E-state index < -0.39 is 0 Å². The Balaban J connectivity index is 2.56. The molecule has 6 nitrogen and oxygen atoms in total. The molecule has 0 fully saturated rings. The highest BCUT2D eigenvalue weighted by atomic mass is 16.5. The Bertz CT molecular complexity index is 374. The molecule has 1 aromatic rings. The maximum Gasteiger partial charge on any atom is 0.191 e. The van der Waals surface area contributed by atoms with Gasteiger partial charge in [-0.25, -0.2) is 4.99 Å². The van der Waals surface area contributed by atoms with Gasteiger partial charge in [-0.2, -0.15) is 0 Å². The fraction of sp³-hybridized carbons (Fsp3) is 0.667. The molecule has 1 aromatic heterocycles. The molecule has 0 saturated heterocycles. The monoisotopic (exact) mass is 254 g/mol. The summed E-state index contributed by atoms with van der Waals surface area (Å²) in [6, 6.07) is 1.92. The standard InChI is InChI=1S/C12H22N4O2/c1-4-13-12(14-5-6-17)15-8-10-7-11(9(2)3)16-18-10/h7,9,17H,4-6,8H2,1-3H3,(H2,13,14,15). The van der Waals surface area contributed by atoms with E-state index in [1.165, 1.54) is 0 Å². The summed E-state index contributed by atoms with van der Waals surface area (Å²) < 4.78 is 5.20. The zero-order chi connectivity index (χ0) is 13.4. The molecule has 0 aliphatic carbocycles. The molecule has 0 amide bonds. The topological polar surface area (TPSA) is 82.7 Å². The molecule has 0 spiro atoms. The van der Waals surface area contributed by atoms with Crippen LogP contribution in [0.5, 0.6) is 0 Å². The second-order valence-electron chi connectivity index (χ2n) is 4.22. The first-order chi connectivity index (χ1) is 8.67. The van der Waals surface area contributed by atoms with E-state index in [1.807, 2.05) is 13.0 Å². The highest BCUT2D eigenvalue weighted by Crippen LogP contribution is 2.14. The molecule has 0 aliphatic heterocycles. The summed E-state index contributed by atoms with van der Waals surface area (Å²) in [4.78, 5) is 4.34. The summed E-state index contributed by atoms with van der Waals surface area (Å²) >= 11 is 0. The van der Waals surface area contributed by atoms with Gasteiger partial charge in [0.1, 0.15) is 6.54 Å². The van der Waals surface area contributed by atoms with Crippen molar-refractivity contribution in [3.05, 3.63) is 17.5 Å². The van der Waals surface area contributed by atoms with Crippen molar-refractivity contribution in [3.8, 4) is 0 Å². The number of aromatic nitrogens is 1. The second-order valence-corrected chi connectivity index (χ2v) is 4.22. The molecule has 0 radical (unpaired) electrons. The third kappa shape index (κ3) is 4.75. The molecule has 1 heterocycles. The van der Waals surface area contributed by atoms with Gasteiger partial charge in [-0.3, -0.25) is 0 Å². The maximum atomic E-state index is 8.76. The molecule has 0 aliphatic rings. The first kappa shape index (κ1) is 14.5. The first-order valence-corrected chi connectivity index (χ1v) is 6.25. The molecule has 0 unspecified atom stereocenters. The van der Waals surface area contributed by atoms with Crippen LogP contribution >= 0.6 is 0 Å². The van der Waals surface area contributed by atoms with Crippen molar-refractivity contribution in [2.75, 3.05) is 19.7 Å². The molecule has 102 valence electrons. The van der Waals surface area contributed by atoms with E-state index in [0.717, 1.165) is 18.0 Å². The van der Waals surface area contributed by atoms with Crippen LogP contribution in [0.3, 0.4) is 0 Å². The molecule has 0 aromatic carbocycles. The van der Waals surface area contributed by atoms with Crippen molar-refractivity contribution in [2.45, 2.75) is 33.2 Å². The number of hydrogen-bond donors (Lipinski definition) is 3. The average molecular weight is 254 g/mol. The van der Waals surface area contributed by atoms with Crippen LogP contribution in [-0.2, 0) is 6.54 Å². The Morgan fingerprint density at radius 1 is 1.50 bits per heavy atom. The van der Waals surface area contributed by atoms with Crippen molar-refractivity contribution >= 4 is 5.96 Å². The molecule has 0 atom stereocenters. The number of rotatable bonds is 6. The van der Waals surface area contributed by atoms with E-state index in [-0.39, 0.29) is 6.61 Å². The number of nitrogens with zero attached hydrogens (tertiary/aromatic N) is 2. The van der Waals surface area contributed by atoms with E-state index >= 15 is 0 Å². The van der Waals surface area contributed by atoms with Gasteiger partial charge in [0.2, 0.25) is 0 Å². The Labute approximate surface area is 107 Å². The molecule has 0 bridgehead atoms. The molecule has 0 saturated carbocycles. The smallest absolute Gasteiger partial charge is 0.191 e. The van der Waals surface area contributed by atoms with Crippen LogP contribution in [0, 0.1) is 0 Å². The Morgan fingerprint density at radius 3 is 2.83 bits per heavy atom. The van der Waals surface area contributed by atoms with Gasteiger partial charge in [-0.05, 0) is 12.8 Å². The average Bonchev–Trinajstić information content (AvgIpc) is 2.81. The third-order valence-corrected chi connectivity index (χ3v) is 2.31. The quantitative estimate of drug-likeness (QED) is 0.518. The van der Waals surface area contributed by atoms with Gasteiger partial charge >= 0.3 is 0 Å². The van der Waals surface area contributed by atoms with Crippen LogP contribution in [0.1, 0.15) is 38.1 Å². The third-order valence-electron chi connectivity index (χ3n) is 2.31. The van der Waals surface area contributed by atoms with Crippen molar-refractivity contribution < 1.29 is 9.63 Å². The minimum absolute atomic E-state index is 0.0736. The summed E-state index contributed by atoms with van der Waals surface area (Å²) in [7, 11) is 0. The van der Waals surface area contributed by atoms with Crippen LogP contribution in [-0.4, -0.2) is 35.9 Å². The fourth-order valence-corrected chi connectivity index (χ4v) is 1.35. The number of nitrogens with one attached hydrogen (secondary N) is 2. The summed E-state index contributed by atoms with van der Waals surface area (Å²) in [5.74, 6) is 1.75. The first-order valence-electron chi connectivity index (χ1n) is 6.25. The predicted molar refractivity (Wildman–Crippen MR) is 70.5 cm³/mol. The van der Waals surface area contributed by atoms with Gasteiger partial charge in [-0.1, -0.05) is 19.0 Å². The lowest BCUT2D eigenvalue weighted by Crippen LogP contribution is -2.38. The summed E-state index contributed by atoms with van der Waals surface area (Å²) in [6.07, 6.45) is 0. The van der Waals surface area contributed by atoms with Crippen LogP contribution in [0.25, 0.3) is 0 Å². The van der Waals surface area contributed by atoms with Gasteiger partial charge in [-0.15, -0.1) is 0 Å². The Morgan fingerprint density at radius 2 is 2.28 bits per heavy atom. The second kappa shape index (κ2) is 7.71. The van der Waals surface area contributed by atoms with E-state index in [2.05, 4.69) is 34.6 Å². The van der Waals surface area contributed by atoms with Crippen LogP contribution in [0.15, 0.2) is 15.6 Å². The normalized spacial score (nSPS) is 11.9. The van der Waals surface area contributed by atoms with E-state index in [1.54, 1.807) is 0 Å². The van der Waals surface area contributed by atoms with E-state index in [9.17, 15) is 0 Å². The van der Waals surface area contributed by atoms with Gasteiger partial charge in [0, 0.05) is 19.2 Å². The minimum Gasteiger partial charge on any atom is -0.395 e. The molecule has 6 heteroatoms. The Hall–Kier alpha value is -1.56. The van der Waals surface area contributed by atoms with Crippen LogP contribution in [0.4, 0.5) is 0 Å². The maximum absolute atomic E-state index is 8.76. The molecule has 3 N–H and O–H groups in total. The molecular formula is C12H22N4O2. The minimum atomic E-state index is 0.0736. The summed E-state index contributed by atoms with van der Waals surface area (Å²) in [5.41, 5.74) is 0.938. The molecule has 18 heavy (non-hydrogen) atoms. The molecular weight excluding hydrogens is 232 g/mol. The summed E-state index contributed by atoms with van der Waals surface area (Å²) in [5, 5.41) is 18.8. The lowest BCUT2D eigenvalue weighted by atomic mass is 10.1. The lowest BCUT2D eigenvalue weighted by molar-refractivity contribution is 0.300. The SMILES string of the molecule is CCNC(=NCc1cc(C(C)C)no1)NCCO. The number of aliphatic hydroxyl groups excluding tert-OH is 1. The van der Waals surface area contributed by atoms with E-state index in [4.69, 9.17) is 9.63 Å². The number of aliphatic imine (C=N–C) groups is 1. The van der Waals surface area contributed by atoms with Gasteiger partial charge < -0.3 is 20.3 Å². The lowest BCUT2D eigenvalue weighted by Gasteiger charge is -2.08. The number of guanidine groups is 1. The van der Waals surface area contributed by atoms with Crippen molar-refractivity contribution in [2.24, 2.45) is 4.99 Å². The van der Waals surface area contributed by atoms with Gasteiger partial charge in [0.05, 0.1) is 12.3 Å². The predicted octanol–water partition coefficient (Wildman–Crippen LogP) is 0.845. The van der Waals surface area contributed by atoms with Crippen LogP contribution in [0.2, 0.25) is 0 Å². The fourth-order valence-electron chi connectivity index (χ4n) is 1.35. The van der Waals surface area contributed by atoms with Crippen molar-refractivity contribution in [1.82, 2.24) is 15.8 Å². The zero-order valence-corrected chi connectivity index (χ0v) is 11.2. The number of hydrogen-bond acceptors (Lipinski definition) is 4. The highest BCUT2D eigenvalue weighted by molar-refractivity contribution is 5.79. The van der Waals surface area contributed by atoms with Crippen molar-refractivity contribution in [3.63, 3.8) is 0 Å². The Kier molecular flexibility index (Phi) is 6.21. The highest BCUT2D eigenvalue weighted by Gasteiger charge is 2.07.